The molecule has 0 aliphatic heterocycles. The van der Waals surface area contributed by atoms with Gasteiger partial charge in [0.25, 0.3) is 5.91 Å². The van der Waals surface area contributed by atoms with Crippen LogP contribution in [0.3, 0.4) is 0 Å². The Labute approximate surface area is 187 Å². The van der Waals surface area contributed by atoms with E-state index in [-0.39, 0.29) is 11.6 Å². The number of anilines is 1. The van der Waals surface area contributed by atoms with Crippen molar-refractivity contribution in [2.24, 2.45) is 0 Å². The molecule has 0 aromatic heterocycles. The van der Waals surface area contributed by atoms with Gasteiger partial charge in [0.05, 0.1) is 37.6 Å². The number of halogens is 1. The van der Waals surface area contributed by atoms with Crippen LogP contribution in [0, 0.1) is 18.3 Å². The van der Waals surface area contributed by atoms with Crippen molar-refractivity contribution in [3.63, 3.8) is 0 Å². The highest BCUT2D eigenvalue weighted by Gasteiger charge is 2.18. The van der Waals surface area contributed by atoms with Crippen LogP contribution in [-0.2, 0) is 4.79 Å². The number of nitrogens with zero attached hydrogens (tertiary/aromatic N) is 1. The standard InChI is InChI=1S/C23H26ClN3O4/c1-6-31-20-8-7-14(2)9-17(20)15(3)27-23(28)16(12-25)13-26-19-11-21(29-4)18(24)10-22(19)30-5/h7-11,13,15,26H,6H2,1-5H3,(H,27,28)/b16-13-. The third kappa shape index (κ3) is 6.06. The minimum absolute atomic E-state index is 0.103. The smallest absolute Gasteiger partial charge is 0.263 e. The second kappa shape index (κ2) is 11.1. The van der Waals surface area contributed by atoms with Crippen molar-refractivity contribution in [3.8, 4) is 23.3 Å². The number of ether oxygens (including phenoxy) is 3. The van der Waals surface area contributed by atoms with E-state index in [1.807, 2.05) is 45.0 Å². The molecule has 2 N–H and O–H groups in total. The molecule has 7 nitrogen and oxygen atoms in total. The first-order valence-corrected chi connectivity index (χ1v) is 10.0. The van der Waals surface area contributed by atoms with Crippen molar-refractivity contribution in [1.82, 2.24) is 5.32 Å². The zero-order chi connectivity index (χ0) is 23.0. The van der Waals surface area contributed by atoms with Gasteiger partial charge in [-0.1, -0.05) is 29.3 Å². The largest absolute Gasteiger partial charge is 0.495 e. The molecule has 0 heterocycles. The number of aryl methyl sites for hydroxylation is 1. The highest BCUT2D eigenvalue weighted by Crippen LogP contribution is 2.36. The number of hydrogen-bond acceptors (Lipinski definition) is 6. The maximum atomic E-state index is 12.7. The van der Waals surface area contributed by atoms with Gasteiger partial charge in [-0.3, -0.25) is 4.79 Å². The molecule has 0 saturated heterocycles. The molecule has 2 aromatic carbocycles. The Hall–Kier alpha value is -3.37. The van der Waals surface area contributed by atoms with E-state index in [0.717, 1.165) is 11.1 Å². The number of amides is 1. The van der Waals surface area contributed by atoms with Crippen molar-refractivity contribution in [3.05, 3.63) is 58.3 Å². The van der Waals surface area contributed by atoms with Gasteiger partial charge in [-0.15, -0.1) is 0 Å². The number of rotatable bonds is 9. The van der Waals surface area contributed by atoms with Gasteiger partial charge in [-0.25, -0.2) is 0 Å². The first-order valence-electron chi connectivity index (χ1n) is 9.67. The van der Waals surface area contributed by atoms with Crippen LogP contribution in [0.2, 0.25) is 5.02 Å². The van der Waals surface area contributed by atoms with Crippen LogP contribution in [0.5, 0.6) is 17.2 Å². The summed E-state index contributed by atoms with van der Waals surface area (Å²) in [5.74, 6) is 1.04. The van der Waals surface area contributed by atoms with E-state index in [9.17, 15) is 10.1 Å². The normalized spacial score (nSPS) is 11.8. The number of carbonyl (C=O) groups is 1. The molecule has 164 valence electrons. The second-order valence-electron chi connectivity index (χ2n) is 6.67. The summed E-state index contributed by atoms with van der Waals surface area (Å²) >= 11 is 6.11. The fourth-order valence-electron chi connectivity index (χ4n) is 2.92. The minimum atomic E-state index is -0.522. The topological polar surface area (TPSA) is 92.6 Å². The van der Waals surface area contributed by atoms with E-state index in [1.165, 1.54) is 20.4 Å². The van der Waals surface area contributed by atoms with E-state index >= 15 is 0 Å². The minimum Gasteiger partial charge on any atom is -0.495 e. The molecule has 1 atom stereocenters. The van der Waals surface area contributed by atoms with E-state index in [0.29, 0.717) is 34.6 Å². The van der Waals surface area contributed by atoms with Crippen LogP contribution in [0.4, 0.5) is 5.69 Å². The number of methoxy groups -OCH3 is 2. The average molecular weight is 444 g/mol. The molecule has 1 unspecified atom stereocenters. The SMILES string of the molecule is CCOc1ccc(C)cc1C(C)NC(=O)/C(C#N)=C\Nc1cc(OC)c(Cl)cc1OC. The van der Waals surface area contributed by atoms with Crippen molar-refractivity contribution in [1.29, 1.82) is 5.26 Å². The van der Waals surface area contributed by atoms with Gasteiger partial charge in [0.1, 0.15) is 28.9 Å². The molecule has 0 fully saturated rings. The van der Waals surface area contributed by atoms with Crippen molar-refractivity contribution < 1.29 is 19.0 Å². The van der Waals surface area contributed by atoms with Gasteiger partial charge in [0, 0.05) is 23.9 Å². The van der Waals surface area contributed by atoms with Gasteiger partial charge < -0.3 is 24.8 Å². The molecule has 0 spiro atoms. The summed E-state index contributed by atoms with van der Waals surface area (Å²) in [4.78, 5) is 12.7. The average Bonchev–Trinajstić information content (AvgIpc) is 2.75. The first-order chi connectivity index (χ1) is 14.8. The van der Waals surface area contributed by atoms with Crippen LogP contribution in [-0.4, -0.2) is 26.7 Å². The molecule has 0 radical (unpaired) electrons. The number of benzene rings is 2. The third-order valence-electron chi connectivity index (χ3n) is 4.49. The molecule has 2 rings (SSSR count). The fraction of sp³-hybridized carbons (Fsp3) is 0.304. The number of carbonyl (C=O) groups excluding carboxylic acids is 1. The van der Waals surface area contributed by atoms with Crippen LogP contribution in [0.25, 0.3) is 0 Å². The van der Waals surface area contributed by atoms with E-state index in [2.05, 4.69) is 10.6 Å². The monoisotopic (exact) mass is 443 g/mol. The van der Waals surface area contributed by atoms with Crippen LogP contribution < -0.4 is 24.8 Å². The van der Waals surface area contributed by atoms with E-state index in [1.54, 1.807) is 12.1 Å². The Kier molecular flexibility index (Phi) is 8.59. The van der Waals surface area contributed by atoms with Crippen LogP contribution in [0.15, 0.2) is 42.1 Å². The fourth-order valence-corrected chi connectivity index (χ4v) is 3.15. The van der Waals surface area contributed by atoms with Crippen LogP contribution in [0.1, 0.15) is 31.0 Å². The molecule has 1 amide bonds. The quantitative estimate of drug-likeness (QED) is 0.428. The molecule has 0 saturated carbocycles. The Bertz CT molecular complexity index is 1010. The molecule has 0 bridgehead atoms. The number of nitriles is 1. The Morgan fingerprint density at radius 2 is 1.90 bits per heavy atom. The summed E-state index contributed by atoms with van der Waals surface area (Å²) in [6.45, 7) is 6.21. The second-order valence-corrected chi connectivity index (χ2v) is 7.08. The molecule has 0 aliphatic carbocycles. The predicted molar refractivity (Wildman–Crippen MR) is 121 cm³/mol. The lowest BCUT2D eigenvalue weighted by atomic mass is 10.0. The van der Waals surface area contributed by atoms with Gasteiger partial charge in [-0.2, -0.15) is 5.26 Å². The highest BCUT2D eigenvalue weighted by atomic mass is 35.5. The predicted octanol–water partition coefficient (Wildman–Crippen LogP) is 4.76. The summed E-state index contributed by atoms with van der Waals surface area (Å²) < 4.78 is 16.2. The molecule has 31 heavy (non-hydrogen) atoms. The maximum absolute atomic E-state index is 12.7. The zero-order valence-corrected chi connectivity index (χ0v) is 19.0. The summed E-state index contributed by atoms with van der Waals surface area (Å²) in [5.41, 5.74) is 2.27. The first kappa shape index (κ1) is 23.9. The van der Waals surface area contributed by atoms with Gasteiger partial charge in [0.15, 0.2) is 0 Å². The lowest BCUT2D eigenvalue weighted by molar-refractivity contribution is -0.117. The maximum Gasteiger partial charge on any atom is 0.263 e. The van der Waals surface area contributed by atoms with Gasteiger partial charge in [-0.05, 0) is 26.8 Å². The number of hydrogen-bond donors (Lipinski definition) is 2. The summed E-state index contributed by atoms with van der Waals surface area (Å²) in [6.07, 6.45) is 1.31. The molecular formula is C23H26ClN3O4. The van der Waals surface area contributed by atoms with E-state index < -0.39 is 5.91 Å². The third-order valence-corrected chi connectivity index (χ3v) is 4.79. The van der Waals surface area contributed by atoms with Gasteiger partial charge in [0.2, 0.25) is 0 Å². The lowest BCUT2D eigenvalue weighted by Gasteiger charge is -2.18. The number of nitrogens with one attached hydrogen (secondary N) is 2. The molecular weight excluding hydrogens is 418 g/mol. The highest BCUT2D eigenvalue weighted by molar-refractivity contribution is 6.32. The van der Waals surface area contributed by atoms with Crippen molar-refractivity contribution in [2.45, 2.75) is 26.8 Å². The van der Waals surface area contributed by atoms with Crippen molar-refractivity contribution in [2.75, 3.05) is 26.1 Å². The zero-order valence-electron chi connectivity index (χ0n) is 18.2. The molecule has 2 aromatic rings. The summed E-state index contributed by atoms with van der Waals surface area (Å²) in [5, 5.41) is 15.6. The van der Waals surface area contributed by atoms with E-state index in [4.69, 9.17) is 25.8 Å². The molecule has 0 aliphatic rings. The Balaban J connectivity index is 2.22. The summed E-state index contributed by atoms with van der Waals surface area (Å²) in [7, 11) is 2.98. The summed E-state index contributed by atoms with van der Waals surface area (Å²) in [6, 6.07) is 10.5. The van der Waals surface area contributed by atoms with Crippen molar-refractivity contribution >= 4 is 23.2 Å². The van der Waals surface area contributed by atoms with Crippen LogP contribution >= 0.6 is 11.6 Å². The Morgan fingerprint density at radius 3 is 2.52 bits per heavy atom. The molecule has 8 heteroatoms. The van der Waals surface area contributed by atoms with Gasteiger partial charge >= 0.3 is 0 Å². The Morgan fingerprint density at radius 1 is 1.19 bits per heavy atom. The lowest BCUT2D eigenvalue weighted by Crippen LogP contribution is -2.28.